The Bertz CT molecular complexity index is 1080. The third-order valence-corrected chi connectivity index (χ3v) is 5.14. The summed E-state index contributed by atoms with van der Waals surface area (Å²) in [6, 6.07) is 16.5. The molecule has 0 aliphatic carbocycles. The average Bonchev–Trinajstić information content (AvgIpc) is 3.08. The summed E-state index contributed by atoms with van der Waals surface area (Å²) in [7, 11) is 0. The van der Waals surface area contributed by atoms with Gasteiger partial charge in [-0.3, -0.25) is 10.1 Å². The first-order chi connectivity index (χ1) is 14.0. The number of hydrogen-bond donors (Lipinski definition) is 1. The number of nitriles is 1. The highest BCUT2D eigenvalue weighted by Gasteiger charge is 2.15. The van der Waals surface area contributed by atoms with Crippen LogP contribution in [0.4, 0.5) is 5.13 Å². The lowest BCUT2D eigenvalue weighted by Gasteiger charge is -2.04. The van der Waals surface area contributed by atoms with E-state index in [2.05, 4.69) is 10.3 Å². The lowest BCUT2D eigenvalue weighted by atomic mass is 10.1. The third kappa shape index (κ3) is 5.23. The number of aryl methyl sites for hydroxylation is 1. The molecular weight excluding hydrogens is 406 g/mol. The highest BCUT2D eigenvalue weighted by atomic mass is 35.5. The van der Waals surface area contributed by atoms with Gasteiger partial charge in [-0.25, -0.2) is 4.98 Å². The highest BCUT2D eigenvalue weighted by molar-refractivity contribution is 7.16. The predicted octanol–water partition coefficient (Wildman–Crippen LogP) is 5.72. The number of anilines is 1. The second-order valence-corrected chi connectivity index (χ2v) is 7.70. The number of nitrogens with one attached hydrogen (secondary N) is 1. The molecule has 0 radical (unpaired) electrons. The molecule has 3 rings (SSSR count). The van der Waals surface area contributed by atoms with Gasteiger partial charge >= 0.3 is 0 Å². The molecule has 0 saturated carbocycles. The Balaban J connectivity index is 1.78. The van der Waals surface area contributed by atoms with Crippen molar-refractivity contribution in [3.63, 3.8) is 0 Å². The minimum absolute atomic E-state index is 0.0113. The number of benzene rings is 2. The Morgan fingerprint density at radius 3 is 2.55 bits per heavy atom. The summed E-state index contributed by atoms with van der Waals surface area (Å²) in [5, 5.41) is 13.1. The number of nitrogens with zero attached hydrogens (tertiary/aromatic N) is 2. The number of halogens is 1. The summed E-state index contributed by atoms with van der Waals surface area (Å²) in [6.07, 6.45) is 1.51. The molecule has 0 aliphatic heterocycles. The normalized spacial score (nSPS) is 11.0. The molecule has 146 valence electrons. The van der Waals surface area contributed by atoms with Crippen LogP contribution in [0, 0.1) is 18.3 Å². The van der Waals surface area contributed by atoms with Gasteiger partial charge in [0.05, 0.1) is 12.3 Å². The molecule has 1 amide bonds. The molecule has 2 aromatic carbocycles. The molecule has 1 heterocycles. The van der Waals surface area contributed by atoms with E-state index in [1.807, 2.05) is 44.2 Å². The third-order valence-electron chi connectivity index (χ3n) is 4.00. The first kappa shape index (κ1) is 20.6. The van der Waals surface area contributed by atoms with Crippen LogP contribution in [0.25, 0.3) is 17.3 Å². The lowest BCUT2D eigenvalue weighted by molar-refractivity contribution is -0.112. The lowest BCUT2D eigenvalue weighted by Crippen LogP contribution is -2.13. The summed E-state index contributed by atoms with van der Waals surface area (Å²) in [4.78, 5) is 18.0. The molecule has 0 saturated heterocycles. The van der Waals surface area contributed by atoms with Gasteiger partial charge in [0.15, 0.2) is 5.13 Å². The quantitative estimate of drug-likeness (QED) is 0.406. The van der Waals surface area contributed by atoms with Gasteiger partial charge in [-0.15, -0.1) is 11.3 Å². The van der Waals surface area contributed by atoms with Crippen molar-refractivity contribution in [2.24, 2.45) is 0 Å². The zero-order valence-corrected chi connectivity index (χ0v) is 17.5. The van der Waals surface area contributed by atoms with Crippen LogP contribution < -0.4 is 10.1 Å². The molecule has 0 fully saturated rings. The standard InChI is InChI=1S/C22H18ClN3O2S/c1-3-28-19-10-6-16(7-11-19)20-14(2)29-22(25-20)26-21(27)17(13-24)12-15-4-8-18(23)9-5-15/h4-12H,3H2,1-2H3,(H,25,26,27)/b17-12+. The van der Waals surface area contributed by atoms with E-state index in [1.165, 1.54) is 17.4 Å². The molecular formula is C22H18ClN3O2S. The first-order valence-electron chi connectivity index (χ1n) is 8.89. The molecule has 3 aromatic rings. The Labute approximate surface area is 178 Å². The van der Waals surface area contributed by atoms with E-state index in [0.717, 1.165) is 21.9 Å². The Hall–Kier alpha value is -3.14. The maximum Gasteiger partial charge on any atom is 0.268 e. The van der Waals surface area contributed by atoms with Crippen LogP contribution in [0.2, 0.25) is 5.02 Å². The molecule has 0 atom stereocenters. The van der Waals surface area contributed by atoms with Crippen molar-refractivity contribution in [2.75, 3.05) is 11.9 Å². The molecule has 0 aliphatic rings. The molecule has 29 heavy (non-hydrogen) atoms. The van der Waals surface area contributed by atoms with Gasteiger partial charge in [0.1, 0.15) is 17.4 Å². The fourth-order valence-corrected chi connectivity index (χ4v) is 3.59. The largest absolute Gasteiger partial charge is 0.494 e. The van der Waals surface area contributed by atoms with Gasteiger partial charge in [-0.1, -0.05) is 23.7 Å². The van der Waals surface area contributed by atoms with Crippen molar-refractivity contribution in [3.8, 4) is 23.1 Å². The Kier molecular flexibility index (Phi) is 6.65. The fraction of sp³-hybridized carbons (Fsp3) is 0.136. The van der Waals surface area contributed by atoms with Crippen LogP contribution in [0.5, 0.6) is 5.75 Å². The van der Waals surface area contributed by atoms with Crippen molar-refractivity contribution in [1.82, 2.24) is 4.98 Å². The van der Waals surface area contributed by atoms with Gasteiger partial charge in [0.25, 0.3) is 5.91 Å². The van der Waals surface area contributed by atoms with Gasteiger partial charge in [-0.05, 0) is 61.9 Å². The second-order valence-electron chi connectivity index (χ2n) is 6.06. The van der Waals surface area contributed by atoms with Crippen LogP contribution in [0.1, 0.15) is 17.4 Å². The summed E-state index contributed by atoms with van der Waals surface area (Å²) in [5.41, 5.74) is 2.42. The van der Waals surface area contributed by atoms with Crippen molar-refractivity contribution in [2.45, 2.75) is 13.8 Å². The minimum atomic E-state index is -0.505. The van der Waals surface area contributed by atoms with Crippen LogP contribution >= 0.6 is 22.9 Å². The number of thiazole rings is 1. The fourth-order valence-electron chi connectivity index (χ4n) is 2.63. The van der Waals surface area contributed by atoms with E-state index >= 15 is 0 Å². The van der Waals surface area contributed by atoms with Crippen molar-refractivity contribution in [3.05, 3.63) is 69.6 Å². The number of hydrogen-bond acceptors (Lipinski definition) is 5. The van der Waals surface area contributed by atoms with E-state index in [9.17, 15) is 10.1 Å². The molecule has 7 heteroatoms. The zero-order valence-electron chi connectivity index (χ0n) is 15.9. The van der Waals surface area contributed by atoms with E-state index in [-0.39, 0.29) is 5.57 Å². The SMILES string of the molecule is CCOc1ccc(-c2nc(NC(=O)/C(C#N)=C/c3ccc(Cl)cc3)sc2C)cc1. The van der Waals surface area contributed by atoms with Crippen LogP contribution in [0.15, 0.2) is 54.1 Å². The molecule has 0 bridgehead atoms. The van der Waals surface area contributed by atoms with Gasteiger partial charge in [0.2, 0.25) is 0 Å². The summed E-state index contributed by atoms with van der Waals surface area (Å²) >= 11 is 7.22. The number of aromatic nitrogens is 1. The zero-order chi connectivity index (χ0) is 20.8. The van der Waals surface area contributed by atoms with Crippen molar-refractivity contribution >= 4 is 40.1 Å². The van der Waals surface area contributed by atoms with Gasteiger partial charge < -0.3 is 4.74 Å². The monoisotopic (exact) mass is 423 g/mol. The Morgan fingerprint density at radius 2 is 1.93 bits per heavy atom. The average molecular weight is 424 g/mol. The topological polar surface area (TPSA) is 75.0 Å². The van der Waals surface area contributed by atoms with Crippen LogP contribution in [-0.4, -0.2) is 17.5 Å². The van der Waals surface area contributed by atoms with E-state index in [0.29, 0.717) is 22.3 Å². The van der Waals surface area contributed by atoms with Crippen LogP contribution in [0.3, 0.4) is 0 Å². The van der Waals surface area contributed by atoms with E-state index < -0.39 is 5.91 Å². The number of rotatable bonds is 6. The minimum Gasteiger partial charge on any atom is -0.494 e. The smallest absolute Gasteiger partial charge is 0.268 e. The molecule has 0 spiro atoms. The maximum atomic E-state index is 12.5. The van der Waals surface area contributed by atoms with E-state index in [1.54, 1.807) is 24.3 Å². The number of carbonyl (C=O) groups is 1. The maximum absolute atomic E-state index is 12.5. The van der Waals surface area contributed by atoms with Crippen LogP contribution in [-0.2, 0) is 4.79 Å². The summed E-state index contributed by atoms with van der Waals surface area (Å²) in [6.45, 7) is 4.48. The molecule has 1 N–H and O–H groups in total. The number of amides is 1. The second kappa shape index (κ2) is 9.37. The number of carbonyl (C=O) groups excluding carboxylic acids is 1. The highest BCUT2D eigenvalue weighted by Crippen LogP contribution is 2.31. The molecule has 1 aromatic heterocycles. The Morgan fingerprint density at radius 1 is 1.24 bits per heavy atom. The molecule has 5 nitrogen and oxygen atoms in total. The van der Waals surface area contributed by atoms with Gasteiger partial charge in [-0.2, -0.15) is 5.26 Å². The van der Waals surface area contributed by atoms with Gasteiger partial charge in [0, 0.05) is 15.5 Å². The predicted molar refractivity (Wildman–Crippen MR) is 117 cm³/mol. The van der Waals surface area contributed by atoms with E-state index in [4.69, 9.17) is 16.3 Å². The number of ether oxygens (including phenoxy) is 1. The van der Waals surface area contributed by atoms with Crippen molar-refractivity contribution < 1.29 is 9.53 Å². The summed E-state index contributed by atoms with van der Waals surface area (Å²) in [5.74, 6) is 0.290. The first-order valence-corrected chi connectivity index (χ1v) is 10.1. The summed E-state index contributed by atoms with van der Waals surface area (Å²) < 4.78 is 5.46. The van der Waals surface area contributed by atoms with Crippen molar-refractivity contribution in [1.29, 1.82) is 5.26 Å². The molecule has 0 unspecified atom stereocenters.